The topological polar surface area (TPSA) is 67.4 Å². The molecule has 1 aliphatic heterocycles. The number of halogens is 1. The molecule has 25 heavy (non-hydrogen) atoms. The van der Waals surface area contributed by atoms with Gasteiger partial charge < -0.3 is 15.0 Å². The van der Waals surface area contributed by atoms with Crippen LogP contribution in [0.3, 0.4) is 0 Å². The summed E-state index contributed by atoms with van der Waals surface area (Å²) in [6, 6.07) is 7.51. The Kier molecular flexibility index (Phi) is 5.23. The first-order chi connectivity index (χ1) is 12.1. The molecule has 0 bridgehead atoms. The molecule has 1 aromatic carbocycles. The predicted molar refractivity (Wildman–Crippen MR) is 91.7 cm³/mol. The van der Waals surface area contributed by atoms with E-state index < -0.39 is 0 Å². The van der Waals surface area contributed by atoms with Gasteiger partial charge in [0.15, 0.2) is 5.82 Å². The Bertz CT molecular complexity index is 751. The van der Waals surface area contributed by atoms with Gasteiger partial charge in [-0.25, -0.2) is 14.4 Å². The van der Waals surface area contributed by atoms with Gasteiger partial charge in [-0.3, -0.25) is 4.79 Å². The normalized spacial score (nSPS) is 17.4. The van der Waals surface area contributed by atoms with E-state index in [1.165, 1.54) is 12.1 Å². The van der Waals surface area contributed by atoms with Crippen LogP contribution in [0, 0.1) is 12.7 Å². The lowest BCUT2D eigenvalue weighted by atomic mass is 10.1. The highest BCUT2D eigenvalue weighted by atomic mass is 19.1. The van der Waals surface area contributed by atoms with Crippen LogP contribution in [-0.2, 0) is 16.0 Å². The fourth-order valence-electron chi connectivity index (χ4n) is 2.86. The molecule has 1 N–H and O–H groups in total. The lowest BCUT2D eigenvalue weighted by Gasteiger charge is -2.35. The van der Waals surface area contributed by atoms with E-state index in [1.807, 2.05) is 13.0 Å². The molecule has 0 saturated carbocycles. The van der Waals surface area contributed by atoms with E-state index in [-0.39, 0.29) is 24.2 Å². The second kappa shape index (κ2) is 7.57. The van der Waals surface area contributed by atoms with Gasteiger partial charge in [0, 0.05) is 25.4 Å². The smallest absolute Gasteiger partial charge is 0.227 e. The second-order valence-corrected chi connectivity index (χ2v) is 5.98. The molecule has 0 spiro atoms. The van der Waals surface area contributed by atoms with Gasteiger partial charge in [-0.1, -0.05) is 12.1 Å². The number of anilines is 1. The van der Waals surface area contributed by atoms with Crippen LogP contribution in [0.1, 0.15) is 23.1 Å². The average Bonchev–Trinajstić information content (AvgIpc) is 2.63. The summed E-state index contributed by atoms with van der Waals surface area (Å²) in [4.78, 5) is 23.5. The van der Waals surface area contributed by atoms with Crippen LogP contribution in [0.15, 0.2) is 30.3 Å². The van der Waals surface area contributed by atoms with Crippen LogP contribution in [0.4, 0.5) is 10.2 Å². The monoisotopic (exact) mass is 344 g/mol. The van der Waals surface area contributed by atoms with E-state index >= 15 is 0 Å². The standard InChI is InChI=1S/C18H21FN4O2/c1-12-9-16(20-2)22-18(21-12)15-11-25-8-7-23(15)17(24)10-13-3-5-14(19)6-4-13/h3-6,9,15H,7-8,10-11H2,1-2H3,(H,20,21,22)/t15-/m0/s1. The highest BCUT2D eigenvalue weighted by Gasteiger charge is 2.31. The van der Waals surface area contributed by atoms with Gasteiger partial charge in [0.2, 0.25) is 5.91 Å². The third kappa shape index (κ3) is 4.11. The lowest BCUT2D eigenvalue weighted by Crippen LogP contribution is -2.44. The molecule has 7 heteroatoms. The van der Waals surface area contributed by atoms with E-state index in [2.05, 4.69) is 15.3 Å². The van der Waals surface area contributed by atoms with Crippen molar-refractivity contribution in [2.75, 3.05) is 32.1 Å². The van der Waals surface area contributed by atoms with E-state index in [4.69, 9.17) is 4.74 Å². The molecule has 0 unspecified atom stereocenters. The minimum Gasteiger partial charge on any atom is -0.377 e. The summed E-state index contributed by atoms with van der Waals surface area (Å²) in [6.07, 6.45) is 0.210. The molecular weight excluding hydrogens is 323 g/mol. The number of rotatable bonds is 4. The number of ether oxygens (including phenoxy) is 1. The minimum absolute atomic E-state index is 0.0454. The average molecular weight is 344 g/mol. The number of morpholine rings is 1. The molecule has 132 valence electrons. The number of hydrogen-bond acceptors (Lipinski definition) is 5. The number of carbonyl (C=O) groups excluding carboxylic acids is 1. The van der Waals surface area contributed by atoms with Crippen LogP contribution in [-0.4, -0.2) is 47.6 Å². The molecule has 2 heterocycles. The van der Waals surface area contributed by atoms with Crippen molar-refractivity contribution >= 4 is 11.7 Å². The van der Waals surface area contributed by atoms with Gasteiger partial charge >= 0.3 is 0 Å². The quantitative estimate of drug-likeness (QED) is 0.920. The Morgan fingerprint density at radius 2 is 2.12 bits per heavy atom. The summed E-state index contributed by atoms with van der Waals surface area (Å²) in [5.41, 5.74) is 1.60. The maximum atomic E-state index is 13.0. The molecule has 1 aromatic heterocycles. The number of hydrogen-bond donors (Lipinski definition) is 1. The highest BCUT2D eigenvalue weighted by molar-refractivity contribution is 5.79. The Hall–Kier alpha value is -2.54. The zero-order valence-corrected chi connectivity index (χ0v) is 14.3. The number of nitrogens with zero attached hydrogens (tertiary/aromatic N) is 3. The van der Waals surface area contributed by atoms with Gasteiger partial charge in [0.05, 0.1) is 19.6 Å². The number of benzene rings is 1. The van der Waals surface area contributed by atoms with E-state index in [1.54, 1.807) is 24.1 Å². The second-order valence-electron chi connectivity index (χ2n) is 5.98. The van der Waals surface area contributed by atoms with Crippen molar-refractivity contribution in [2.24, 2.45) is 0 Å². The summed E-state index contributed by atoms with van der Waals surface area (Å²) in [7, 11) is 1.79. The molecule has 6 nitrogen and oxygen atoms in total. The van der Waals surface area contributed by atoms with Gasteiger partial charge in [0.1, 0.15) is 17.7 Å². The van der Waals surface area contributed by atoms with Crippen molar-refractivity contribution in [2.45, 2.75) is 19.4 Å². The van der Waals surface area contributed by atoms with E-state index in [0.29, 0.717) is 31.4 Å². The van der Waals surface area contributed by atoms with Crippen LogP contribution in [0.25, 0.3) is 0 Å². The number of nitrogens with one attached hydrogen (secondary N) is 1. The van der Waals surface area contributed by atoms with Crippen LogP contribution in [0.5, 0.6) is 0 Å². The SMILES string of the molecule is CNc1cc(C)nc([C@@H]2COCCN2C(=O)Cc2ccc(F)cc2)n1. The van der Waals surface area contributed by atoms with Crippen molar-refractivity contribution in [3.05, 3.63) is 53.2 Å². The highest BCUT2D eigenvalue weighted by Crippen LogP contribution is 2.24. The minimum atomic E-state index is -0.325. The molecule has 0 aliphatic carbocycles. The van der Waals surface area contributed by atoms with E-state index in [0.717, 1.165) is 11.3 Å². The Balaban J connectivity index is 1.81. The largest absolute Gasteiger partial charge is 0.377 e. The number of aryl methyl sites for hydroxylation is 1. The van der Waals surface area contributed by atoms with Gasteiger partial charge in [-0.2, -0.15) is 0 Å². The lowest BCUT2D eigenvalue weighted by molar-refractivity contribution is -0.139. The summed E-state index contributed by atoms with van der Waals surface area (Å²) in [6.45, 7) is 3.22. The molecule has 2 aromatic rings. The third-order valence-electron chi connectivity index (χ3n) is 4.14. The molecular formula is C18H21FN4O2. The number of carbonyl (C=O) groups is 1. The fourth-order valence-corrected chi connectivity index (χ4v) is 2.86. The summed E-state index contributed by atoms with van der Waals surface area (Å²) >= 11 is 0. The summed E-state index contributed by atoms with van der Waals surface area (Å²) in [5.74, 6) is 0.916. The first-order valence-corrected chi connectivity index (χ1v) is 8.22. The van der Waals surface area contributed by atoms with Crippen molar-refractivity contribution in [3.8, 4) is 0 Å². The van der Waals surface area contributed by atoms with Crippen LogP contribution < -0.4 is 5.32 Å². The van der Waals surface area contributed by atoms with Gasteiger partial charge in [-0.15, -0.1) is 0 Å². The van der Waals surface area contributed by atoms with E-state index in [9.17, 15) is 9.18 Å². The summed E-state index contributed by atoms with van der Waals surface area (Å²) in [5, 5.41) is 3.01. The van der Waals surface area contributed by atoms with Crippen molar-refractivity contribution in [1.29, 1.82) is 0 Å². The molecule has 1 amide bonds. The zero-order chi connectivity index (χ0) is 17.8. The van der Waals surface area contributed by atoms with Crippen molar-refractivity contribution < 1.29 is 13.9 Å². The molecule has 3 rings (SSSR count). The molecule has 1 fully saturated rings. The first-order valence-electron chi connectivity index (χ1n) is 8.22. The molecule has 1 atom stereocenters. The van der Waals surface area contributed by atoms with Gasteiger partial charge in [-0.05, 0) is 24.6 Å². The summed E-state index contributed by atoms with van der Waals surface area (Å²) < 4.78 is 18.6. The maximum Gasteiger partial charge on any atom is 0.227 e. The molecule has 1 saturated heterocycles. The van der Waals surface area contributed by atoms with Crippen molar-refractivity contribution in [3.63, 3.8) is 0 Å². The predicted octanol–water partition coefficient (Wildman–Crippen LogP) is 2.11. The van der Waals surface area contributed by atoms with Crippen LogP contribution >= 0.6 is 0 Å². The zero-order valence-electron chi connectivity index (χ0n) is 14.3. The Labute approximate surface area is 146 Å². The van der Waals surface area contributed by atoms with Crippen molar-refractivity contribution in [1.82, 2.24) is 14.9 Å². The van der Waals surface area contributed by atoms with Gasteiger partial charge in [0.25, 0.3) is 0 Å². The van der Waals surface area contributed by atoms with Crippen LogP contribution in [0.2, 0.25) is 0 Å². The molecule has 1 aliphatic rings. The third-order valence-corrected chi connectivity index (χ3v) is 4.14. The number of amides is 1. The first kappa shape index (κ1) is 17.3. The Morgan fingerprint density at radius 3 is 2.84 bits per heavy atom. The maximum absolute atomic E-state index is 13.0. The fraction of sp³-hybridized carbons (Fsp3) is 0.389. The molecule has 0 radical (unpaired) electrons. The Morgan fingerprint density at radius 1 is 1.36 bits per heavy atom. The number of aromatic nitrogens is 2.